The van der Waals surface area contributed by atoms with Crippen molar-refractivity contribution in [2.75, 3.05) is 13.6 Å². The fraction of sp³-hybridized carbons (Fsp3) is 0.333. The van der Waals surface area contributed by atoms with E-state index in [-0.39, 0.29) is 9.90 Å². The highest BCUT2D eigenvalue weighted by atomic mass is 32.2. The molecular weight excluding hydrogens is 352 g/mol. The number of aromatic nitrogens is 1. The number of carboxylic acids is 1. The van der Waals surface area contributed by atoms with Crippen LogP contribution in [-0.4, -0.2) is 47.5 Å². The Morgan fingerprint density at radius 2 is 1.92 bits per heavy atom. The molecule has 1 aromatic carbocycles. The number of benzene rings is 1. The molecule has 24 heavy (non-hydrogen) atoms. The SMILES string of the molecule is CN1CCc2nc(C(=O)O)sc2C1.Cc1ccc(S(=O)(=O)O)cc1. The predicted molar refractivity (Wildman–Crippen MR) is 90.1 cm³/mol. The van der Waals surface area contributed by atoms with E-state index in [4.69, 9.17) is 9.66 Å². The van der Waals surface area contributed by atoms with E-state index in [2.05, 4.69) is 9.88 Å². The summed E-state index contributed by atoms with van der Waals surface area (Å²) in [6, 6.07) is 5.99. The van der Waals surface area contributed by atoms with Gasteiger partial charge in [0.2, 0.25) is 5.01 Å². The van der Waals surface area contributed by atoms with Crippen molar-refractivity contribution in [3.63, 3.8) is 0 Å². The van der Waals surface area contributed by atoms with Gasteiger partial charge in [-0.3, -0.25) is 4.55 Å². The maximum Gasteiger partial charge on any atom is 0.365 e. The lowest BCUT2D eigenvalue weighted by molar-refractivity contribution is 0.0696. The van der Waals surface area contributed by atoms with Gasteiger partial charge in [-0.25, -0.2) is 9.78 Å². The van der Waals surface area contributed by atoms with E-state index in [1.807, 2.05) is 14.0 Å². The Hall–Kier alpha value is -1.81. The zero-order chi connectivity index (χ0) is 17.9. The number of rotatable bonds is 2. The maximum absolute atomic E-state index is 10.6. The summed E-state index contributed by atoms with van der Waals surface area (Å²) >= 11 is 1.29. The first-order chi connectivity index (χ1) is 11.2. The maximum atomic E-state index is 10.6. The molecule has 2 N–H and O–H groups in total. The summed E-state index contributed by atoms with van der Waals surface area (Å²) in [5, 5.41) is 8.96. The average molecular weight is 370 g/mol. The van der Waals surface area contributed by atoms with Crippen molar-refractivity contribution in [1.29, 1.82) is 0 Å². The van der Waals surface area contributed by atoms with Gasteiger partial charge in [-0.15, -0.1) is 11.3 Å². The number of likely N-dealkylation sites (N-methyl/N-ethyl adjacent to an activating group) is 1. The van der Waals surface area contributed by atoms with Gasteiger partial charge >= 0.3 is 5.97 Å². The molecule has 0 saturated heterocycles. The van der Waals surface area contributed by atoms with Gasteiger partial charge in [0.25, 0.3) is 10.1 Å². The summed E-state index contributed by atoms with van der Waals surface area (Å²) in [5.74, 6) is -0.915. The van der Waals surface area contributed by atoms with Gasteiger partial charge in [-0.1, -0.05) is 17.7 Å². The van der Waals surface area contributed by atoms with Crippen LogP contribution < -0.4 is 0 Å². The van der Waals surface area contributed by atoms with Crippen molar-refractivity contribution in [2.24, 2.45) is 0 Å². The number of nitrogens with zero attached hydrogens (tertiary/aromatic N) is 2. The van der Waals surface area contributed by atoms with Crippen molar-refractivity contribution >= 4 is 27.4 Å². The third-order valence-electron chi connectivity index (χ3n) is 3.42. The third kappa shape index (κ3) is 4.84. The lowest BCUT2D eigenvalue weighted by Gasteiger charge is -2.20. The Balaban J connectivity index is 0.000000177. The Morgan fingerprint density at radius 3 is 2.46 bits per heavy atom. The topological polar surface area (TPSA) is 108 Å². The number of carbonyl (C=O) groups is 1. The van der Waals surface area contributed by atoms with Gasteiger partial charge in [-0.05, 0) is 26.1 Å². The Labute approximate surface area is 144 Å². The van der Waals surface area contributed by atoms with Crippen molar-refractivity contribution in [3.8, 4) is 0 Å². The van der Waals surface area contributed by atoms with Crippen molar-refractivity contribution in [3.05, 3.63) is 45.4 Å². The second-order valence-electron chi connectivity index (χ2n) is 5.47. The lowest BCUT2D eigenvalue weighted by atomic mass is 10.2. The summed E-state index contributed by atoms with van der Waals surface area (Å²) in [7, 11) is -1.99. The Kier molecular flexibility index (Phi) is 5.70. The van der Waals surface area contributed by atoms with Crippen LogP contribution in [0.2, 0.25) is 0 Å². The van der Waals surface area contributed by atoms with Crippen LogP contribution in [0.5, 0.6) is 0 Å². The van der Waals surface area contributed by atoms with E-state index < -0.39 is 16.1 Å². The van der Waals surface area contributed by atoms with Gasteiger partial charge in [0.15, 0.2) is 0 Å². The van der Waals surface area contributed by atoms with Crippen molar-refractivity contribution < 1.29 is 22.9 Å². The number of aryl methyl sites for hydroxylation is 1. The fourth-order valence-corrected chi connectivity index (χ4v) is 3.63. The Bertz CT molecular complexity index is 828. The monoisotopic (exact) mass is 370 g/mol. The van der Waals surface area contributed by atoms with E-state index >= 15 is 0 Å². The van der Waals surface area contributed by atoms with Crippen molar-refractivity contribution in [1.82, 2.24) is 9.88 Å². The second-order valence-corrected chi connectivity index (χ2v) is 7.98. The first kappa shape index (κ1) is 18.5. The highest BCUT2D eigenvalue weighted by molar-refractivity contribution is 7.85. The first-order valence-electron chi connectivity index (χ1n) is 7.11. The van der Waals surface area contributed by atoms with Crippen molar-refractivity contribution in [2.45, 2.75) is 24.8 Å². The molecule has 0 spiro atoms. The lowest BCUT2D eigenvalue weighted by Crippen LogP contribution is -2.25. The van der Waals surface area contributed by atoms with Crippen LogP contribution in [0, 0.1) is 6.92 Å². The molecule has 9 heteroatoms. The molecule has 0 aliphatic carbocycles. The largest absolute Gasteiger partial charge is 0.476 e. The average Bonchev–Trinajstić information content (AvgIpc) is 2.90. The minimum Gasteiger partial charge on any atom is -0.476 e. The van der Waals surface area contributed by atoms with Crippen LogP contribution in [0.25, 0.3) is 0 Å². The molecule has 2 heterocycles. The summed E-state index contributed by atoms with van der Waals surface area (Å²) in [6.45, 7) is 3.64. The van der Waals surface area contributed by atoms with Crippen LogP contribution in [0.4, 0.5) is 0 Å². The molecule has 0 amide bonds. The van der Waals surface area contributed by atoms with Crippen LogP contribution in [0.3, 0.4) is 0 Å². The predicted octanol–water partition coefficient (Wildman–Crippen LogP) is 2.07. The molecule has 1 aromatic heterocycles. The van der Waals surface area contributed by atoms with Gasteiger partial charge in [0.1, 0.15) is 0 Å². The van der Waals surface area contributed by atoms with Gasteiger partial charge in [0.05, 0.1) is 10.6 Å². The zero-order valence-corrected chi connectivity index (χ0v) is 14.9. The normalized spacial score (nSPS) is 14.5. The molecule has 0 saturated carbocycles. The number of thiazole rings is 1. The zero-order valence-electron chi connectivity index (χ0n) is 13.3. The molecular formula is C15H18N2O5S2. The number of hydrogen-bond acceptors (Lipinski definition) is 6. The second kappa shape index (κ2) is 7.39. The molecule has 7 nitrogen and oxygen atoms in total. The highest BCUT2D eigenvalue weighted by Crippen LogP contribution is 2.24. The van der Waals surface area contributed by atoms with Crippen LogP contribution in [0.1, 0.15) is 25.9 Å². The summed E-state index contributed by atoms with van der Waals surface area (Å²) in [4.78, 5) is 17.9. The Morgan fingerprint density at radius 1 is 1.29 bits per heavy atom. The van der Waals surface area contributed by atoms with E-state index in [0.717, 1.165) is 35.6 Å². The summed E-state index contributed by atoms with van der Waals surface area (Å²) in [6.07, 6.45) is 0.871. The smallest absolute Gasteiger partial charge is 0.365 e. The molecule has 0 fully saturated rings. The number of hydrogen-bond donors (Lipinski definition) is 2. The van der Waals surface area contributed by atoms with Gasteiger partial charge in [0, 0.05) is 24.4 Å². The van der Waals surface area contributed by atoms with E-state index in [0.29, 0.717) is 0 Å². The highest BCUT2D eigenvalue weighted by Gasteiger charge is 2.20. The van der Waals surface area contributed by atoms with Crippen LogP contribution >= 0.6 is 11.3 Å². The summed E-state index contributed by atoms with van der Waals surface area (Å²) < 4.78 is 29.6. The summed E-state index contributed by atoms with van der Waals surface area (Å²) in [5.41, 5.74) is 1.93. The minimum atomic E-state index is -4.02. The van der Waals surface area contributed by atoms with E-state index in [9.17, 15) is 13.2 Å². The first-order valence-corrected chi connectivity index (χ1v) is 9.37. The third-order valence-corrected chi connectivity index (χ3v) is 5.36. The number of carboxylic acid groups (broad SMARTS) is 1. The molecule has 0 radical (unpaired) electrons. The molecule has 0 bridgehead atoms. The molecule has 2 aromatic rings. The minimum absolute atomic E-state index is 0.0666. The standard InChI is InChI=1S/C8H10N2O2S.C7H8O3S/c1-10-3-2-5-6(4-10)13-7(9-5)8(11)12;1-6-2-4-7(5-3-6)11(8,9)10/h2-4H2,1H3,(H,11,12);2-5H,1H3,(H,8,9,10). The van der Waals surface area contributed by atoms with E-state index in [1.54, 1.807) is 12.1 Å². The molecule has 0 unspecified atom stereocenters. The van der Waals surface area contributed by atoms with Gasteiger partial charge < -0.3 is 10.0 Å². The molecule has 1 aliphatic rings. The molecule has 0 atom stereocenters. The molecule has 1 aliphatic heterocycles. The van der Waals surface area contributed by atoms with Gasteiger partial charge in [-0.2, -0.15) is 8.42 Å². The number of aromatic carboxylic acids is 1. The van der Waals surface area contributed by atoms with E-state index in [1.165, 1.54) is 23.5 Å². The molecule has 130 valence electrons. The quantitative estimate of drug-likeness (QED) is 0.779. The molecule has 3 rings (SSSR count). The van der Waals surface area contributed by atoms with Crippen LogP contribution in [0.15, 0.2) is 29.2 Å². The number of fused-ring (bicyclic) bond motifs is 1. The van der Waals surface area contributed by atoms with Crippen LogP contribution in [-0.2, 0) is 23.1 Å². The fourth-order valence-electron chi connectivity index (χ4n) is 2.12.